The monoisotopic (exact) mass is 210 g/mol. The van der Waals surface area contributed by atoms with Gasteiger partial charge >= 0.3 is 0 Å². The Morgan fingerprint density at radius 1 is 1.40 bits per heavy atom. The number of aromatic nitrogens is 1. The minimum absolute atomic E-state index is 0.470. The number of rotatable bonds is 7. The van der Waals surface area contributed by atoms with Crippen LogP contribution in [0.1, 0.15) is 38.8 Å². The molecule has 0 aliphatic carbocycles. The topological polar surface area (TPSA) is 26.2 Å². The summed E-state index contributed by atoms with van der Waals surface area (Å²) in [5, 5.41) is 3.46. The molecule has 0 saturated carbocycles. The summed E-state index contributed by atoms with van der Waals surface area (Å²) < 4.78 is 7.43. The fourth-order valence-corrected chi connectivity index (χ4v) is 1.69. The molecule has 86 valence electrons. The van der Waals surface area contributed by atoms with E-state index in [1.54, 1.807) is 0 Å². The Morgan fingerprint density at radius 2 is 2.20 bits per heavy atom. The maximum Gasteiger partial charge on any atom is 0.122 e. The molecule has 3 heteroatoms. The van der Waals surface area contributed by atoms with E-state index in [1.165, 1.54) is 5.56 Å². The third-order valence-electron chi connectivity index (χ3n) is 2.48. The van der Waals surface area contributed by atoms with Crippen LogP contribution < -0.4 is 5.32 Å². The summed E-state index contributed by atoms with van der Waals surface area (Å²) in [6.45, 7) is 8.77. The van der Waals surface area contributed by atoms with E-state index in [0.29, 0.717) is 12.8 Å². The Balaban J connectivity index is 2.56. The molecule has 0 saturated heterocycles. The Kier molecular flexibility index (Phi) is 5.43. The van der Waals surface area contributed by atoms with Gasteiger partial charge in [0.1, 0.15) is 6.73 Å². The van der Waals surface area contributed by atoms with Crippen molar-refractivity contribution in [2.45, 2.75) is 40.0 Å². The normalized spacial score (nSPS) is 13.0. The lowest BCUT2D eigenvalue weighted by Crippen LogP contribution is -2.19. The molecular formula is C12H22N2O. The van der Waals surface area contributed by atoms with E-state index in [2.05, 4.69) is 42.2 Å². The molecular weight excluding hydrogens is 188 g/mol. The molecule has 0 amide bonds. The SMILES string of the molecule is CCNC(CC)c1ccn(COCC)c1. The summed E-state index contributed by atoms with van der Waals surface area (Å²) >= 11 is 0. The smallest absolute Gasteiger partial charge is 0.122 e. The molecule has 0 radical (unpaired) electrons. The molecule has 0 aromatic carbocycles. The summed E-state index contributed by atoms with van der Waals surface area (Å²) in [5.41, 5.74) is 1.35. The summed E-state index contributed by atoms with van der Waals surface area (Å²) in [7, 11) is 0. The summed E-state index contributed by atoms with van der Waals surface area (Å²) in [6.07, 6.45) is 5.35. The van der Waals surface area contributed by atoms with Crippen LogP contribution in [0, 0.1) is 0 Å². The van der Waals surface area contributed by atoms with Crippen molar-refractivity contribution in [1.29, 1.82) is 0 Å². The van der Waals surface area contributed by atoms with E-state index >= 15 is 0 Å². The highest BCUT2D eigenvalue weighted by molar-refractivity contribution is 5.15. The summed E-state index contributed by atoms with van der Waals surface area (Å²) in [4.78, 5) is 0. The standard InChI is InChI=1S/C12H22N2O/c1-4-12(13-5-2)11-7-8-14(9-11)10-15-6-3/h7-9,12-13H,4-6,10H2,1-3H3. The van der Waals surface area contributed by atoms with Crippen molar-refractivity contribution in [3.8, 4) is 0 Å². The number of hydrogen-bond donors (Lipinski definition) is 1. The zero-order valence-corrected chi connectivity index (χ0v) is 9.99. The predicted molar refractivity (Wildman–Crippen MR) is 62.8 cm³/mol. The van der Waals surface area contributed by atoms with Crippen molar-refractivity contribution in [3.63, 3.8) is 0 Å². The van der Waals surface area contributed by atoms with E-state index < -0.39 is 0 Å². The molecule has 0 spiro atoms. The van der Waals surface area contributed by atoms with Gasteiger partial charge in [-0.15, -0.1) is 0 Å². The third kappa shape index (κ3) is 3.68. The highest BCUT2D eigenvalue weighted by atomic mass is 16.5. The van der Waals surface area contributed by atoms with Gasteiger partial charge < -0.3 is 14.6 Å². The number of nitrogens with zero attached hydrogens (tertiary/aromatic N) is 1. The quantitative estimate of drug-likeness (QED) is 0.748. The molecule has 0 bridgehead atoms. The van der Waals surface area contributed by atoms with Gasteiger partial charge in [0.05, 0.1) is 0 Å². The average Bonchev–Trinajstić information content (AvgIpc) is 2.71. The maximum absolute atomic E-state index is 5.35. The van der Waals surface area contributed by atoms with E-state index in [9.17, 15) is 0 Å². The van der Waals surface area contributed by atoms with Crippen LogP contribution in [0.4, 0.5) is 0 Å². The minimum Gasteiger partial charge on any atom is -0.361 e. The number of ether oxygens (including phenoxy) is 1. The molecule has 0 fully saturated rings. The van der Waals surface area contributed by atoms with Gasteiger partial charge in [-0.25, -0.2) is 0 Å². The van der Waals surface area contributed by atoms with Crippen LogP contribution in [0.15, 0.2) is 18.5 Å². The van der Waals surface area contributed by atoms with Gasteiger partial charge in [-0.1, -0.05) is 13.8 Å². The van der Waals surface area contributed by atoms with Gasteiger partial charge in [0.2, 0.25) is 0 Å². The van der Waals surface area contributed by atoms with Gasteiger partial charge in [0, 0.05) is 25.0 Å². The van der Waals surface area contributed by atoms with Crippen molar-refractivity contribution in [1.82, 2.24) is 9.88 Å². The Morgan fingerprint density at radius 3 is 2.80 bits per heavy atom. The van der Waals surface area contributed by atoms with Gasteiger partial charge in [-0.3, -0.25) is 0 Å². The van der Waals surface area contributed by atoms with Crippen LogP contribution in [-0.4, -0.2) is 17.7 Å². The van der Waals surface area contributed by atoms with Crippen molar-refractivity contribution >= 4 is 0 Å². The highest BCUT2D eigenvalue weighted by Gasteiger charge is 2.08. The molecule has 1 heterocycles. The van der Waals surface area contributed by atoms with E-state index in [4.69, 9.17) is 4.74 Å². The van der Waals surface area contributed by atoms with Crippen LogP contribution in [0.25, 0.3) is 0 Å². The molecule has 1 aromatic heterocycles. The first-order chi connectivity index (χ1) is 7.31. The molecule has 1 aromatic rings. The Labute approximate surface area is 92.4 Å². The summed E-state index contributed by atoms with van der Waals surface area (Å²) in [6, 6.07) is 2.63. The van der Waals surface area contributed by atoms with E-state index in [1.807, 2.05) is 6.92 Å². The fourth-order valence-electron chi connectivity index (χ4n) is 1.69. The van der Waals surface area contributed by atoms with Crippen LogP contribution >= 0.6 is 0 Å². The zero-order valence-electron chi connectivity index (χ0n) is 9.99. The third-order valence-corrected chi connectivity index (χ3v) is 2.48. The first kappa shape index (κ1) is 12.3. The molecule has 1 atom stereocenters. The van der Waals surface area contributed by atoms with Crippen molar-refractivity contribution < 1.29 is 4.74 Å². The van der Waals surface area contributed by atoms with Crippen molar-refractivity contribution in [2.24, 2.45) is 0 Å². The van der Waals surface area contributed by atoms with Crippen molar-refractivity contribution in [3.05, 3.63) is 24.0 Å². The molecule has 1 rings (SSSR count). The molecule has 1 unspecified atom stereocenters. The Hall–Kier alpha value is -0.800. The largest absolute Gasteiger partial charge is 0.361 e. The first-order valence-corrected chi connectivity index (χ1v) is 5.78. The van der Waals surface area contributed by atoms with E-state index in [-0.39, 0.29) is 0 Å². The minimum atomic E-state index is 0.470. The second-order valence-electron chi connectivity index (χ2n) is 3.60. The first-order valence-electron chi connectivity index (χ1n) is 5.78. The maximum atomic E-state index is 5.35. The highest BCUT2D eigenvalue weighted by Crippen LogP contribution is 2.16. The lowest BCUT2D eigenvalue weighted by Gasteiger charge is -2.13. The average molecular weight is 210 g/mol. The summed E-state index contributed by atoms with van der Waals surface area (Å²) in [5.74, 6) is 0. The predicted octanol–water partition coefficient (Wildman–Crippen LogP) is 2.54. The molecule has 1 N–H and O–H groups in total. The molecule has 15 heavy (non-hydrogen) atoms. The second-order valence-corrected chi connectivity index (χ2v) is 3.60. The van der Waals surface area contributed by atoms with Gasteiger partial charge in [0.25, 0.3) is 0 Å². The molecule has 0 aliphatic heterocycles. The van der Waals surface area contributed by atoms with Crippen LogP contribution in [0.5, 0.6) is 0 Å². The van der Waals surface area contributed by atoms with Crippen LogP contribution in [0.2, 0.25) is 0 Å². The number of nitrogens with one attached hydrogen (secondary N) is 1. The van der Waals surface area contributed by atoms with Gasteiger partial charge in [0.15, 0.2) is 0 Å². The number of hydrogen-bond acceptors (Lipinski definition) is 2. The van der Waals surface area contributed by atoms with Crippen LogP contribution in [-0.2, 0) is 11.5 Å². The Bertz CT molecular complexity index is 270. The molecule has 0 aliphatic rings. The second kappa shape index (κ2) is 6.64. The fraction of sp³-hybridized carbons (Fsp3) is 0.667. The zero-order chi connectivity index (χ0) is 11.1. The van der Waals surface area contributed by atoms with Crippen molar-refractivity contribution in [2.75, 3.05) is 13.2 Å². The molecule has 3 nitrogen and oxygen atoms in total. The van der Waals surface area contributed by atoms with Gasteiger partial charge in [-0.05, 0) is 31.5 Å². The lowest BCUT2D eigenvalue weighted by atomic mass is 10.1. The van der Waals surface area contributed by atoms with E-state index in [0.717, 1.165) is 19.6 Å². The van der Waals surface area contributed by atoms with Gasteiger partial charge in [-0.2, -0.15) is 0 Å². The lowest BCUT2D eigenvalue weighted by molar-refractivity contribution is 0.0880. The van der Waals surface area contributed by atoms with Crippen LogP contribution in [0.3, 0.4) is 0 Å².